The molecule has 0 unspecified atom stereocenters. The second-order valence-corrected chi connectivity index (χ2v) is 6.81. The van der Waals surface area contributed by atoms with Gasteiger partial charge in [0.25, 0.3) is 5.69 Å². The topological polar surface area (TPSA) is 137 Å². The van der Waals surface area contributed by atoms with Crippen LogP contribution < -0.4 is 11.4 Å². The van der Waals surface area contributed by atoms with Gasteiger partial charge >= 0.3 is 11.8 Å². The first-order valence-corrected chi connectivity index (χ1v) is 8.88. The van der Waals surface area contributed by atoms with Crippen molar-refractivity contribution in [3.8, 4) is 5.75 Å². The number of carbonyl (C=O) groups is 1. The summed E-state index contributed by atoms with van der Waals surface area (Å²) in [5.41, 5.74) is 0.0403. The number of phenols is 1. The van der Waals surface area contributed by atoms with Gasteiger partial charge in [0.1, 0.15) is 11.3 Å². The Labute approximate surface area is 175 Å². The molecular formula is C21H11F3N2O6. The fraction of sp³-hybridized carbons (Fsp3) is 0.0476. The Balaban J connectivity index is 2.13. The van der Waals surface area contributed by atoms with Gasteiger partial charge in [0, 0.05) is 22.9 Å². The summed E-state index contributed by atoms with van der Waals surface area (Å²) in [6.07, 6.45) is -5.08. The molecule has 4 aromatic rings. The monoisotopic (exact) mass is 444 g/mol. The average Bonchev–Trinajstić information content (AvgIpc) is 2.72. The number of halogens is 3. The van der Waals surface area contributed by atoms with E-state index >= 15 is 0 Å². The largest absolute Gasteiger partial charge is 0.507 e. The molecule has 8 nitrogen and oxygen atoms in total. The van der Waals surface area contributed by atoms with Gasteiger partial charge in [-0.3, -0.25) is 14.9 Å². The van der Waals surface area contributed by atoms with Crippen LogP contribution in [-0.4, -0.2) is 15.8 Å². The summed E-state index contributed by atoms with van der Waals surface area (Å²) in [5.74, 6) is -2.23. The van der Waals surface area contributed by atoms with Crippen LogP contribution in [0.5, 0.6) is 5.75 Å². The lowest BCUT2D eigenvalue weighted by Gasteiger charge is -2.17. The van der Waals surface area contributed by atoms with Crippen molar-refractivity contribution in [1.82, 2.24) is 0 Å². The predicted molar refractivity (Wildman–Crippen MR) is 108 cm³/mol. The number of carbonyl (C=O) groups excluding carboxylic acids is 1. The van der Waals surface area contributed by atoms with Gasteiger partial charge in [-0.05, 0) is 18.2 Å². The summed E-state index contributed by atoms with van der Waals surface area (Å²) in [6, 6.07) is 8.77. The highest BCUT2D eigenvalue weighted by Crippen LogP contribution is 2.41. The number of fused-ring (bicyclic) bond motifs is 3. The Hall–Kier alpha value is -4.41. The van der Waals surface area contributed by atoms with Crippen molar-refractivity contribution in [3.05, 3.63) is 85.8 Å². The minimum absolute atomic E-state index is 0.0212. The molecule has 0 atom stereocenters. The highest BCUT2D eigenvalue weighted by Gasteiger charge is 2.39. The number of aromatic hydroxyl groups is 1. The van der Waals surface area contributed by atoms with Crippen molar-refractivity contribution < 1.29 is 32.4 Å². The molecule has 3 aromatic carbocycles. The van der Waals surface area contributed by atoms with Crippen molar-refractivity contribution in [2.75, 3.05) is 5.73 Å². The van der Waals surface area contributed by atoms with Gasteiger partial charge in [-0.15, -0.1) is 0 Å². The van der Waals surface area contributed by atoms with Crippen LogP contribution in [0.3, 0.4) is 0 Å². The van der Waals surface area contributed by atoms with Gasteiger partial charge in [0.15, 0.2) is 5.78 Å². The first-order chi connectivity index (χ1) is 15.0. The van der Waals surface area contributed by atoms with Gasteiger partial charge in [-0.25, -0.2) is 4.79 Å². The lowest BCUT2D eigenvalue weighted by molar-refractivity contribution is -0.384. The third-order valence-corrected chi connectivity index (χ3v) is 4.92. The number of phenolic OH excluding ortho intramolecular Hbond substituents is 1. The van der Waals surface area contributed by atoms with Crippen LogP contribution in [0.25, 0.3) is 21.7 Å². The fourth-order valence-electron chi connectivity index (χ4n) is 3.49. The van der Waals surface area contributed by atoms with Gasteiger partial charge in [-0.1, -0.05) is 18.2 Å². The zero-order chi connectivity index (χ0) is 23.4. The highest BCUT2D eigenvalue weighted by atomic mass is 19.4. The number of nitrogens with zero attached hydrogens (tertiary/aromatic N) is 1. The molecule has 0 radical (unpaired) electrons. The van der Waals surface area contributed by atoms with Gasteiger partial charge in [0.05, 0.1) is 32.7 Å². The SMILES string of the molecule is Nc1c(C(=O)c2cc([N+](=O)[O-])ccc2O)c(C(F)(F)F)cc2c1c(=O)oc1ccccc12. The Morgan fingerprint density at radius 2 is 1.78 bits per heavy atom. The number of benzene rings is 3. The Kier molecular flexibility index (Phi) is 4.61. The summed E-state index contributed by atoms with van der Waals surface area (Å²) in [4.78, 5) is 35.7. The lowest BCUT2D eigenvalue weighted by atomic mass is 9.91. The van der Waals surface area contributed by atoms with Crippen LogP contribution in [0.1, 0.15) is 21.5 Å². The molecule has 0 spiro atoms. The molecule has 1 heterocycles. The number of nitrogens with two attached hydrogens (primary N) is 1. The van der Waals surface area contributed by atoms with Crippen molar-refractivity contribution in [2.45, 2.75) is 6.18 Å². The summed E-state index contributed by atoms with van der Waals surface area (Å²) >= 11 is 0. The molecular weight excluding hydrogens is 433 g/mol. The number of alkyl halides is 3. The maximum atomic E-state index is 14.0. The first-order valence-electron chi connectivity index (χ1n) is 8.88. The molecule has 3 N–H and O–H groups in total. The van der Waals surface area contributed by atoms with E-state index in [2.05, 4.69) is 0 Å². The summed E-state index contributed by atoms with van der Waals surface area (Å²) in [7, 11) is 0. The van der Waals surface area contributed by atoms with Gasteiger partial charge < -0.3 is 15.3 Å². The van der Waals surface area contributed by atoms with E-state index in [9.17, 15) is 38.0 Å². The van der Waals surface area contributed by atoms with Gasteiger partial charge in [0.2, 0.25) is 0 Å². The molecule has 11 heteroatoms. The maximum Gasteiger partial charge on any atom is 0.417 e. The smallest absolute Gasteiger partial charge is 0.417 e. The van der Waals surface area contributed by atoms with Crippen molar-refractivity contribution in [2.24, 2.45) is 0 Å². The highest BCUT2D eigenvalue weighted by molar-refractivity contribution is 6.20. The molecule has 0 fully saturated rings. The molecule has 0 aliphatic rings. The average molecular weight is 444 g/mol. The number of nitro groups is 1. The number of hydrogen-bond acceptors (Lipinski definition) is 7. The molecule has 0 aliphatic heterocycles. The summed E-state index contributed by atoms with van der Waals surface area (Å²) in [5, 5.41) is 20.5. The van der Waals surface area contributed by atoms with Crippen LogP contribution in [0.4, 0.5) is 24.5 Å². The molecule has 0 saturated carbocycles. The maximum absolute atomic E-state index is 14.0. The summed E-state index contributed by atoms with van der Waals surface area (Å²) < 4.78 is 47.0. The second kappa shape index (κ2) is 7.08. The molecule has 162 valence electrons. The normalized spacial score (nSPS) is 11.7. The van der Waals surface area contributed by atoms with Crippen LogP contribution in [0, 0.1) is 10.1 Å². The number of non-ortho nitro benzene ring substituents is 1. The number of rotatable bonds is 3. The van der Waals surface area contributed by atoms with E-state index in [1.165, 1.54) is 24.3 Å². The number of anilines is 1. The second-order valence-electron chi connectivity index (χ2n) is 6.81. The van der Waals surface area contributed by atoms with Crippen LogP contribution >= 0.6 is 0 Å². The van der Waals surface area contributed by atoms with Crippen LogP contribution in [0.15, 0.2) is 57.7 Å². The predicted octanol–water partition coefficient (Wildman–Crippen LogP) is 4.39. The first kappa shape index (κ1) is 20.8. The van der Waals surface area contributed by atoms with E-state index < -0.39 is 61.7 Å². The fourth-order valence-corrected chi connectivity index (χ4v) is 3.49. The lowest BCUT2D eigenvalue weighted by Crippen LogP contribution is -2.18. The number of nitrogen functional groups attached to an aromatic ring is 1. The molecule has 0 aliphatic carbocycles. The molecule has 0 bridgehead atoms. The minimum Gasteiger partial charge on any atom is -0.507 e. The van der Waals surface area contributed by atoms with E-state index in [-0.39, 0.29) is 16.4 Å². The van der Waals surface area contributed by atoms with E-state index in [1.807, 2.05) is 0 Å². The molecule has 32 heavy (non-hydrogen) atoms. The quantitative estimate of drug-likeness (QED) is 0.119. The molecule has 4 rings (SSSR count). The molecule has 0 saturated heterocycles. The van der Waals surface area contributed by atoms with Crippen LogP contribution in [0.2, 0.25) is 0 Å². The zero-order valence-electron chi connectivity index (χ0n) is 15.8. The van der Waals surface area contributed by atoms with E-state index in [4.69, 9.17) is 10.2 Å². The number of hydrogen-bond donors (Lipinski definition) is 2. The van der Waals surface area contributed by atoms with Crippen molar-refractivity contribution in [1.29, 1.82) is 0 Å². The van der Waals surface area contributed by atoms with Crippen LogP contribution in [-0.2, 0) is 6.18 Å². The molecule has 1 aromatic heterocycles. The standard InChI is InChI=1S/C21H11F3N2O6/c22-21(23,24)13-8-11-10-3-1-2-4-15(10)32-20(29)16(11)18(25)17(13)19(28)12-7-9(26(30)31)5-6-14(12)27/h1-8,27H,25H2. The number of ketones is 1. The Morgan fingerprint density at radius 3 is 2.44 bits per heavy atom. The molecule has 0 amide bonds. The van der Waals surface area contributed by atoms with Gasteiger partial charge in [-0.2, -0.15) is 13.2 Å². The van der Waals surface area contributed by atoms with E-state index in [1.54, 1.807) is 0 Å². The van der Waals surface area contributed by atoms with E-state index in [0.29, 0.717) is 12.1 Å². The third-order valence-electron chi connectivity index (χ3n) is 4.92. The number of nitro benzene ring substituents is 1. The Morgan fingerprint density at radius 1 is 1.09 bits per heavy atom. The number of para-hydroxylation sites is 1. The van der Waals surface area contributed by atoms with Crippen molar-refractivity contribution in [3.63, 3.8) is 0 Å². The zero-order valence-corrected chi connectivity index (χ0v) is 15.8. The minimum atomic E-state index is -5.08. The van der Waals surface area contributed by atoms with E-state index in [0.717, 1.165) is 12.1 Å². The third kappa shape index (κ3) is 3.20. The van der Waals surface area contributed by atoms with Crippen molar-refractivity contribution >= 4 is 38.9 Å². The summed E-state index contributed by atoms with van der Waals surface area (Å²) in [6.45, 7) is 0. The Bertz CT molecular complexity index is 1510.